The molecule has 28 heavy (non-hydrogen) atoms. The minimum Gasteiger partial charge on any atom is -0.342 e. The fourth-order valence-corrected chi connectivity index (χ4v) is 3.12. The molecule has 5 heteroatoms. The number of aromatic nitrogens is 1. The van der Waals surface area contributed by atoms with Crippen LogP contribution in [-0.2, 0) is 6.54 Å². The van der Waals surface area contributed by atoms with E-state index in [1.807, 2.05) is 42.6 Å². The molecule has 0 aliphatic rings. The molecule has 0 aliphatic heterocycles. The van der Waals surface area contributed by atoms with Gasteiger partial charge in [0.1, 0.15) is 5.82 Å². The summed E-state index contributed by atoms with van der Waals surface area (Å²) in [7, 11) is 0. The van der Waals surface area contributed by atoms with Gasteiger partial charge in [0.05, 0.1) is 6.21 Å². The Bertz CT molecular complexity index is 1130. The molecule has 0 radical (unpaired) electrons. The van der Waals surface area contributed by atoms with Crippen molar-refractivity contribution in [3.63, 3.8) is 0 Å². The highest BCUT2D eigenvalue weighted by molar-refractivity contribution is 6.00. The summed E-state index contributed by atoms with van der Waals surface area (Å²) in [5, 5.41) is 5.13. The van der Waals surface area contributed by atoms with Crippen molar-refractivity contribution in [1.29, 1.82) is 0 Å². The lowest BCUT2D eigenvalue weighted by Crippen LogP contribution is -2.17. The number of hydrogen-bond donors (Lipinski definition) is 1. The summed E-state index contributed by atoms with van der Waals surface area (Å²) >= 11 is 0. The molecule has 1 amide bonds. The number of carbonyl (C=O) groups excluding carboxylic acids is 1. The van der Waals surface area contributed by atoms with Crippen LogP contribution in [0.2, 0.25) is 0 Å². The predicted molar refractivity (Wildman–Crippen MR) is 109 cm³/mol. The number of hydrogen-bond acceptors (Lipinski definition) is 2. The summed E-state index contributed by atoms with van der Waals surface area (Å²) in [5.74, 6) is -0.768. The van der Waals surface area contributed by atoms with E-state index in [2.05, 4.69) is 33.3 Å². The van der Waals surface area contributed by atoms with Crippen molar-refractivity contribution in [3.8, 4) is 0 Å². The maximum Gasteiger partial charge on any atom is 0.271 e. The van der Waals surface area contributed by atoms with E-state index in [9.17, 15) is 9.18 Å². The van der Waals surface area contributed by atoms with E-state index in [1.165, 1.54) is 29.8 Å². The molecular weight excluding hydrogens is 353 g/mol. The van der Waals surface area contributed by atoms with Crippen LogP contribution in [0.15, 0.2) is 90.2 Å². The van der Waals surface area contributed by atoms with Gasteiger partial charge < -0.3 is 4.57 Å². The first-order valence-corrected chi connectivity index (χ1v) is 8.91. The summed E-state index contributed by atoms with van der Waals surface area (Å²) in [6, 6.07) is 23.6. The van der Waals surface area contributed by atoms with Gasteiger partial charge in [-0.3, -0.25) is 4.79 Å². The molecule has 0 saturated carbocycles. The molecule has 0 fully saturated rings. The van der Waals surface area contributed by atoms with Crippen LogP contribution in [0.4, 0.5) is 4.39 Å². The number of fused-ring (bicyclic) bond motifs is 1. The second kappa shape index (κ2) is 7.88. The van der Waals surface area contributed by atoms with Crippen LogP contribution in [0.3, 0.4) is 0 Å². The number of carbonyl (C=O) groups is 1. The number of para-hydroxylation sites is 1. The van der Waals surface area contributed by atoms with Gasteiger partial charge in [-0.05, 0) is 35.9 Å². The zero-order valence-corrected chi connectivity index (χ0v) is 15.0. The molecule has 4 aromatic rings. The highest BCUT2D eigenvalue weighted by Gasteiger charge is 2.08. The minimum atomic E-state index is -0.385. The number of amides is 1. The SMILES string of the molecule is O=C(N/N=C/c1cn(Cc2ccccc2)c2ccccc12)c1ccc(F)cc1. The number of benzene rings is 3. The Labute approximate surface area is 161 Å². The molecule has 3 aromatic carbocycles. The second-order valence-electron chi connectivity index (χ2n) is 6.42. The van der Waals surface area contributed by atoms with Crippen molar-refractivity contribution >= 4 is 23.0 Å². The van der Waals surface area contributed by atoms with Gasteiger partial charge in [-0.15, -0.1) is 0 Å². The van der Waals surface area contributed by atoms with E-state index in [-0.39, 0.29) is 11.7 Å². The molecule has 0 saturated heterocycles. The number of nitrogens with zero attached hydrogens (tertiary/aromatic N) is 2. The third-order valence-electron chi connectivity index (χ3n) is 4.49. The van der Waals surface area contributed by atoms with Gasteiger partial charge >= 0.3 is 0 Å². The molecule has 0 aliphatic carbocycles. The van der Waals surface area contributed by atoms with E-state index < -0.39 is 0 Å². The average molecular weight is 371 g/mol. The molecule has 1 aromatic heterocycles. The standard InChI is InChI=1S/C23H18FN3O/c24-20-12-10-18(11-13-20)23(28)26-25-14-19-16-27(15-17-6-2-1-3-7-17)22-9-5-4-8-21(19)22/h1-14,16H,15H2,(H,26,28)/b25-14+. The van der Waals surface area contributed by atoms with Crippen molar-refractivity contribution < 1.29 is 9.18 Å². The lowest BCUT2D eigenvalue weighted by atomic mass is 10.2. The number of halogens is 1. The van der Waals surface area contributed by atoms with Gasteiger partial charge in [-0.25, -0.2) is 9.82 Å². The molecule has 0 unspecified atom stereocenters. The quantitative estimate of drug-likeness (QED) is 0.405. The van der Waals surface area contributed by atoms with Crippen LogP contribution in [-0.4, -0.2) is 16.7 Å². The Balaban J connectivity index is 1.56. The number of nitrogens with one attached hydrogen (secondary N) is 1. The van der Waals surface area contributed by atoms with Crippen LogP contribution >= 0.6 is 0 Å². The summed E-state index contributed by atoms with van der Waals surface area (Å²) in [6.07, 6.45) is 3.65. The summed E-state index contributed by atoms with van der Waals surface area (Å²) in [5.41, 5.74) is 6.05. The zero-order valence-electron chi connectivity index (χ0n) is 15.0. The Hall–Kier alpha value is -3.73. The summed E-state index contributed by atoms with van der Waals surface area (Å²) in [4.78, 5) is 12.1. The number of hydrazone groups is 1. The zero-order chi connectivity index (χ0) is 19.3. The molecule has 1 heterocycles. The molecule has 0 bridgehead atoms. The largest absolute Gasteiger partial charge is 0.342 e. The smallest absolute Gasteiger partial charge is 0.271 e. The average Bonchev–Trinajstić information content (AvgIpc) is 3.07. The Morgan fingerprint density at radius 3 is 2.46 bits per heavy atom. The van der Waals surface area contributed by atoms with Gasteiger partial charge in [-0.1, -0.05) is 48.5 Å². The van der Waals surface area contributed by atoms with E-state index in [1.54, 1.807) is 6.21 Å². The minimum absolute atomic E-state index is 0.352. The molecule has 4 rings (SSSR count). The van der Waals surface area contributed by atoms with Gasteiger partial charge in [-0.2, -0.15) is 5.10 Å². The molecule has 1 N–H and O–H groups in total. The van der Waals surface area contributed by atoms with Gasteiger partial charge in [0, 0.05) is 34.8 Å². The summed E-state index contributed by atoms with van der Waals surface area (Å²) in [6.45, 7) is 0.747. The van der Waals surface area contributed by atoms with Crippen LogP contribution in [0.25, 0.3) is 10.9 Å². The lowest BCUT2D eigenvalue weighted by molar-refractivity contribution is 0.0955. The van der Waals surface area contributed by atoms with Gasteiger partial charge in [0.2, 0.25) is 0 Å². The highest BCUT2D eigenvalue weighted by Crippen LogP contribution is 2.21. The van der Waals surface area contributed by atoms with E-state index in [0.717, 1.165) is 23.0 Å². The van der Waals surface area contributed by atoms with Gasteiger partial charge in [0.15, 0.2) is 0 Å². The van der Waals surface area contributed by atoms with Crippen LogP contribution in [0.5, 0.6) is 0 Å². The fraction of sp³-hybridized carbons (Fsp3) is 0.0435. The maximum absolute atomic E-state index is 13.0. The van der Waals surface area contributed by atoms with Crippen molar-refractivity contribution in [3.05, 3.63) is 108 Å². The van der Waals surface area contributed by atoms with Crippen molar-refractivity contribution in [1.82, 2.24) is 9.99 Å². The third-order valence-corrected chi connectivity index (χ3v) is 4.49. The Morgan fingerprint density at radius 2 is 1.68 bits per heavy atom. The molecule has 0 spiro atoms. The first-order valence-electron chi connectivity index (χ1n) is 8.91. The normalized spacial score (nSPS) is 11.2. The van der Waals surface area contributed by atoms with E-state index >= 15 is 0 Å². The van der Waals surface area contributed by atoms with Crippen molar-refractivity contribution in [2.75, 3.05) is 0 Å². The van der Waals surface area contributed by atoms with Gasteiger partial charge in [0.25, 0.3) is 5.91 Å². The number of rotatable bonds is 5. The predicted octanol–water partition coefficient (Wildman–Crippen LogP) is 4.59. The highest BCUT2D eigenvalue weighted by atomic mass is 19.1. The first-order chi connectivity index (χ1) is 13.7. The molecule has 0 atom stereocenters. The van der Waals surface area contributed by atoms with E-state index in [0.29, 0.717) is 5.56 Å². The van der Waals surface area contributed by atoms with E-state index in [4.69, 9.17) is 0 Å². The molecule has 138 valence electrons. The molecule has 4 nitrogen and oxygen atoms in total. The van der Waals surface area contributed by atoms with Crippen molar-refractivity contribution in [2.45, 2.75) is 6.54 Å². The first kappa shape index (κ1) is 17.7. The maximum atomic E-state index is 13.0. The Kier molecular flexibility index (Phi) is 4.97. The van der Waals surface area contributed by atoms with Crippen LogP contribution in [0.1, 0.15) is 21.5 Å². The summed E-state index contributed by atoms with van der Waals surface area (Å²) < 4.78 is 15.1. The topological polar surface area (TPSA) is 46.4 Å². The van der Waals surface area contributed by atoms with Crippen LogP contribution in [0, 0.1) is 5.82 Å². The lowest BCUT2D eigenvalue weighted by Gasteiger charge is -2.05. The van der Waals surface area contributed by atoms with Crippen LogP contribution < -0.4 is 5.43 Å². The fourth-order valence-electron chi connectivity index (χ4n) is 3.12. The molecular formula is C23H18FN3O. The third kappa shape index (κ3) is 3.83. The Morgan fingerprint density at radius 1 is 0.964 bits per heavy atom. The second-order valence-corrected chi connectivity index (χ2v) is 6.42. The monoisotopic (exact) mass is 371 g/mol. The van der Waals surface area contributed by atoms with Crippen molar-refractivity contribution in [2.24, 2.45) is 5.10 Å².